The van der Waals surface area contributed by atoms with Crippen molar-refractivity contribution in [2.24, 2.45) is 0 Å². The number of aromatic nitrogens is 1. The molecule has 5 heteroatoms. The van der Waals surface area contributed by atoms with Gasteiger partial charge in [-0.2, -0.15) is 0 Å². The summed E-state index contributed by atoms with van der Waals surface area (Å²) in [4.78, 5) is 4.72. The van der Waals surface area contributed by atoms with Gasteiger partial charge in [-0.05, 0) is 80.0 Å². The van der Waals surface area contributed by atoms with E-state index in [4.69, 9.17) is 0 Å². The molecule has 0 amide bonds. The van der Waals surface area contributed by atoms with E-state index in [2.05, 4.69) is 169 Å². The Morgan fingerprint density at radius 1 is 0.902 bits per heavy atom. The molecular weight excluding hydrogens is 641 g/mol. The van der Waals surface area contributed by atoms with Gasteiger partial charge in [-0.25, -0.2) is 0 Å². The van der Waals surface area contributed by atoms with E-state index in [0.29, 0.717) is 6.04 Å². The van der Waals surface area contributed by atoms with E-state index in [1.54, 1.807) is 0 Å². The van der Waals surface area contributed by atoms with Gasteiger partial charge in [0.05, 0.1) is 28.5 Å². The van der Waals surface area contributed by atoms with Crippen LogP contribution in [0.1, 0.15) is 31.9 Å². The molecule has 2 atom stereocenters. The van der Waals surface area contributed by atoms with Gasteiger partial charge in [0, 0.05) is 66.9 Å². The first kappa shape index (κ1) is 31.2. The van der Waals surface area contributed by atoms with Crippen LogP contribution in [-0.2, 0) is 0 Å². The minimum Gasteiger partial charge on any atom is -0.366 e. The van der Waals surface area contributed by atoms with Gasteiger partial charge < -0.3 is 15.1 Å². The lowest BCUT2D eigenvalue weighted by molar-refractivity contribution is 0.622. The molecule has 0 spiro atoms. The van der Waals surface area contributed by atoms with Crippen LogP contribution in [0.5, 0.6) is 0 Å². The monoisotopic (exact) mass is 680 g/mol. The van der Waals surface area contributed by atoms with Crippen LogP contribution in [0.15, 0.2) is 146 Å². The highest BCUT2D eigenvalue weighted by Gasteiger charge is 2.34. The highest BCUT2D eigenvalue weighted by atomic mass is 32.1. The normalized spacial score (nSPS) is 20.0. The second-order valence-corrected chi connectivity index (χ2v) is 14.6. The maximum Gasteiger partial charge on any atom is 0.136 e. The zero-order chi connectivity index (χ0) is 35.0. The summed E-state index contributed by atoms with van der Waals surface area (Å²) in [6, 6.07) is 27.2. The average molecular weight is 681 g/mol. The summed E-state index contributed by atoms with van der Waals surface area (Å²) in [5.41, 5.74) is 10.1. The molecule has 4 aromatic carbocycles. The van der Waals surface area contributed by atoms with E-state index < -0.39 is 0 Å². The number of hydrogen-bond acceptors (Lipinski definition) is 4. The Hall–Kier alpha value is -5.78. The van der Waals surface area contributed by atoms with E-state index >= 15 is 0 Å². The Morgan fingerprint density at radius 2 is 1.73 bits per heavy atom. The summed E-state index contributed by atoms with van der Waals surface area (Å²) in [6.45, 7) is 15.1. The lowest BCUT2D eigenvalue weighted by Crippen LogP contribution is -2.46. The number of fused-ring (bicyclic) bond motifs is 11. The lowest BCUT2D eigenvalue weighted by Gasteiger charge is -2.38. The summed E-state index contributed by atoms with van der Waals surface area (Å²) >= 11 is 1.90. The SMILES string of the molecule is C=C/C(=C\C=C/C)N1/C=C(c2ccc3c(c2)c2c4sc5ccccc5c4cc4c5c(n3c42)NC(/C=C\C)C(C)N5C)\C=C/C(=C)c2ccccc21. The van der Waals surface area contributed by atoms with Crippen molar-refractivity contribution in [3.05, 3.63) is 158 Å². The van der Waals surface area contributed by atoms with Crippen molar-refractivity contribution in [1.82, 2.24) is 4.40 Å². The number of para-hydroxylation sites is 1. The van der Waals surface area contributed by atoms with E-state index in [-0.39, 0.29) is 6.04 Å². The molecule has 0 fully saturated rings. The first-order valence-electron chi connectivity index (χ1n) is 17.7. The number of allylic oxidation sites excluding steroid dienone is 9. The Kier molecular flexibility index (Phi) is 7.30. The van der Waals surface area contributed by atoms with Crippen molar-refractivity contribution in [3.8, 4) is 0 Å². The molecule has 3 aromatic heterocycles. The van der Waals surface area contributed by atoms with Crippen molar-refractivity contribution in [1.29, 1.82) is 0 Å². The van der Waals surface area contributed by atoms with E-state index in [9.17, 15) is 0 Å². The summed E-state index contributed by atoms with van der Waals surface area (Å²) in [6.07, 6.45) is 19.2. The van der Waals surface area contributed by atoms with Crippen LogP contribution in [0, 0.1) is 0 Å². The molecule has 7 aromatic rings. The molecule has 5 heterocycles. The van der Waals surface area contributed by atoms with Crippen LogP contribution in [-0.4, -0.2) is 23.5 Å². The van der Waals surface area contributed by atoms with E-state index in [1.807, 2.05) is 30.4 Å². The molecule has 0 saturated heterocycles. The first-order chi connectivity index (χ1) is 24.9. The number of hydrogen-bond donors (Lipinski definition) is 1. The number of anilines is 3. The smallest absolute Gasteiger partial charge is 0.136 e. The Labute approximate surface area is 302 Å². The lowest BCUT2D eigenvalue weighted by atomic mass is 9.96. The van der Waals surface area contributed by atoms with Crippen molar-refractivity contribution in [2.75, 3.05) is 22.2 Å². The van der Waals surface area contributed by atoms with Gasteiger partial charge in [-0.1, -0.05) is 92.1 Å². The molecule has 1 N–H and O–H groups in total. The van der Waals surface area contributed by atoms with Crippen molar-refractivity contribution < 1.29 is 0 Å². The van der Waals surface area contributed by atoms with Gasteiger partial charge in [-0.3, -0.25) is 4.40 Å². The van der Waals surface area contributed by atoms with Gasteiger partial charge >= 0.3 is 0 Å². The fourth-order valence-electron chi connectivity index (χ4n) is 8.15. The molecule has 0 aliphatic carbocycles. The molecule has 9 rings (SSSR count). The minimum atomic E-state index is 0.198. The highest BCUT2D eigenvalue weighted by Crippen LogP contribution is 2.52. The van der Waals surface area contributed by atoms with Gasteiger partial charge in [0.2, 0.25) is 0 Å². The zero-order valence-corrected chi connectivity index (χ0v) is 30.3. The number of nitrogens with zero attached hydrogens (tertiary/aromatic N) is 3. The maximum atomic E-state index is 4.48. The number of nitrogens with one attached hydrogen (secondary N) is 1. The zero-order valence-electron chi connectivity index (χ0n) is 29.4. The van der Waals surface area contributed by atoms with Crippen molar-refractivity contribution in [3.63, 3.8) is 0 Å². The second kappa shape index (κ2) is 11.9. The number of rotatable bonds is 5. The third kappa shape index (κ3) is 4.58. The topological polar surface area (TPSA) is 22.9 Å². The standard InChI is InChI=1S/C46H40N4S/c1-7-10-16-32(9-3)49-27-31(22-21-28(4)33-17-11-13-19-39(33)49)30-23-24-40-36(25-30)42-43-37(26-35-34-18-12-14-20-41(34)51-45(35)42)44-46(50(40)43)47-38(15-8-2)29(5)48(44)6/h7-27,29,38,47H,3-4H2,1-2,5-6H3/b10-7-,15-8-,22-21-,31-27+,32-16+. The Balaban J connectivity index is 1.35. The molecule has 2 unspecified atom stereocenters. The summed E-state index contributed by atoms with van der Waals surface area (Å²) < 4.78 is 5.15. The molecular formula is C46H40N4S. The predicted octanol–water partition coefficient (Wildman–Crippen LogP) is 12.3. The van der Waals surface area contributed by atoms with Crippen molar-refractivity contribution >= 4 is 87.0 Å². The third-order valence-electron chi connectivity index (χ3n) is 10.8. The van der Waals surface area contributed by atoms with E-state index in [0.717, 1.165) is 39.5 Å². The van der Waals surface area contributed by atoms with Crippen LogP contribution in [0.2, 0.25) is 0 Å². The second-order valence-electron chi connectivity index (χ2n) is 13.6. The summed E-state index contributed by atoms with van der Waals surface area (Å²) in [5, 5.41) is 10.5. The molecule has 51 heavy (non-hydrogen) atoms. The fourth-order valence-corrected chi connectivity index (χ4v) is 9.39. The molecule has 250 valence electrons. The summed E-state index contributed by atoms with van der Waals surface area (Å²) in [7, 11) is 2.25. The van der Waals surface area contributed by atoms with Gasteiger partial charge in [0.15, 0.2) is 0 Å². The van der Waals surface area contributed by atoms with Gasteiger partial charge in [0.1, 0.15) is 5.82 Å². The quantitative estimate of drug-likeness (QED) is 0.145. The predicted molar refractivity (Wildman–Crippen MR) is 225 cm³/mol. The Morgan fingerprint density at radius 3 is 2.55 bits per heavy atom. The number of benzene rings is 4. The van der Waals surface area contributed by atoms with Crippen LogP contribution in [0.25, 0.3) is 58.5 Å². The van der Waals surface area contributed by atoms with Crippen LogP contribution in [0.3, 0.4) is 0 Å². The minimum absolute atomic E-state index is 0.198. The van der Waals surface area contributed by atoms with Gasteiger partial charge in [-0.15, -0.1) is 11.3 Å². The van der Waals surface area contributed by atoms with E-state index in [1.165, 1.54) is 53.1 Å². The van der Waals surface area contributed by atoms with Crippen LogP contribution in [0.4, 0.5) is 17.2 Å². The molecule has 0 saturated carbocycles. The number of likely N-dealkylation sites (N-methyl/N-ethyl adjacent to an activating group) is 1. The van der Waals surface area contributed by atoms with Crippen molar-refractivity contribution in [2.45, 2.75) is 32.9 Å². The Bertz CT molecular complexity index is 2730. The molecule has 4 nitrogen and oxygen atoms in total. The largest absolute Gasteiger partial charge is 0.366 e. The fraction of sp³-hybridized carbons (Fsp3) is 0.130. The molecule has 0 radical (unpaired) electrons. The average Bonchev–Trinajstić information content (AvgIpc) is 3.80. The van der Waals surface area contributed by atoms with Crippen LogP contribution < -0.4 is 15.1 Å². The molecule has 0 bridgehead atoms. The van der Waals surface area contributed by atoms with Crippen LogP contribution >= 0.6 is 11.3 Å². The summed E-state index contributed by atoms with van der Waals surface area (Å²) in [5.74, 6) is 1.16. The third-order valence-corrected chi connectivity index (χ3v) is 12.0. The highest BCUT2D eigenvalue weighted by molar-refractivity contribution is 7.26. The number of thiophene rings is 1. The first-order valence-corrected chi connectivity index (χ1v) is 18.5. The van der Waals surface area contributed by atoms with Gasteiger partial charge in [0.25, 0.3) is 0 Å². The molecule has 2 aliphatic rings. The maximum absolute atomic E-state index is 4.48. The molecule has 2 aliphatic heterocycles.